The van der Waals surface area contributed by atoms with Gasteiger partial charge in [0.2, 0.25) is 5.88 Å². The first kappa shape index (κ1) is 23.5. The summed E-state index contributed by atoms with van der Waals surface area (Å²) < 4.78 is 8.17. The van der Waals surface area contributed by atoms with E-state index in [1.807, 2.05) is 54.3 Å². The lowest BCUT2D eigenvalue weighted by Crippen LogP contribution is -2.32. The van der Waals surface area contributed by atoms with E-state index in [9.17, 15) is 4.79 Å². The van der Waals surface area contributed by atoms with Gasteiger partial charge >= 0.3 is 0 Å². The highest BCUT2D eigenvalue weighted by Gasteiger charge is 2.30. The lowest BCUT2D eigenvalue weighted by Gasteiger charge is -2.23. The zero-order valence-electron chi connectivity index (χ0n) is 19.3. The largest absolute Gasteiger partial charge is 0.439 e. The highest BCUT2D eigenvalue weighted by Crippen LogP contribution is 2.35. The first-order valence-corrected chi connectivity index (χ1v) is 12.4. The van der Waals surface area contributed by atoms with E-state index >= 15 is 0 Å². The summed E-state index contributed by atoms with van der Waals surface area (Å²) in [5, 5.41) is 6.04. The number of carbonyl (C=O) groups excluding carboxylic acids is 1. The lowest BCUT2D eigenvalue weighted by molar-refractivity contribution is 0.0734. The molecule has 1 aromatic heterocycles. The quantitative estimate of drug-likeness (QED) is 0.251. The second-order valence-electron chi connectivity index (χ2n) is 8.81. The number of rotatable bonds is 8. The summed E-state index contributed by atoms with van der Waals surface area (Å²) in [7, 11) is 0. The van der Waals surface area contributed by atoms with Crippen LogP contribution in [0.1, 0.15) is 34.5 Å². The number of carbonyl (C=O) groups is 1. The van der Waals surface area contributed by atoms with Crippen molar-refractivity contribution in [1.29, 1.82) is 0 Å². The number of amides is 1. The van der Waals surface area contributed by atoms with Crippen molar-refractivity contribution in [2.45, 2.75) is 26.3 Å². The van der Waals surface area contributed by atoms with Crippen LogP contribution in [-0.2, 0) is 6.54 Å². The third-order valence-electron chi connectivity index (χ3n) is 6.07. The molecular weight excluding hydrogens is 481 g/mol. The Kier molecular flexibility index (Phi) is 6.80. The first-order valence-electron chi connectivity index (χ1n) is 11.6. The Labute approximate surface area is 214 Å². The molecular formula is C28H25Cl2N3O2. The Morgan fingerprint density at radius 3 is 2.23 bits per heavy atom. The standard InChI is InChI=1S/C28H25Cl2N3O2/c1-19-26(18-32(17-20-7-8-20)27(34)21-9-11-22(29)12-10-21)28(35-25-15-13-23(30)14-16-25)33(31-19)24-5-3-2-4-6-24/h2-6,9-16,20H,7-8,17-18H2,1H3. The highest BCUT2D eigenvalue weighted by atomic mass is 35.5. The number of nitrogens with zero attached hydrogens (tertiary/aromatic N) is 3. The summed E-state index contributed by atoms with van der Waals surface area (Å²) >= 11 is 12.1. The monoisotopic (exact) mass is 505 g/mol. The third kappa shape index (κ3) is 5.53. The van der Waals surface area contributed by atoms with Gasteiger partial charge in [-0.25, -0.2) is 4.68 Å². The minimum atomic E-state index is -0.0297. The second kappa shape index (κ2) is 10.1. The molecule has 5 rings (SSSR count). The van der Waals surface area contributed by atoms with Crippen molar-refractivity contribution in [3.8, 4) is 17.3 Å². The molecule has 5 nitrogen and oxygen atoms in total. The van der Waals surface area contributed by atoms with Crippen LogP contribution < -0.4 is 4.74 Å². The molecule has 0 saturated heterocycles. The zero-order chi connectivity index (χ0) is 24.4. The van der Waals surface area contributed by atoms with E-state index in [0.29, 0.717) is 46.2 Å². The molecule has 178 valence electrons. The Morgan fingerprint density at radius 1 is 0.971 bits per heavy atom. The predicted octanol–water partition coefficient (Wildman–Crippen LogP) is 7.33. The molecule has 1 aliphatic rings. The number of ether oxygens (including phenoxy) is 1. The topological polar surface area (TPSA) is 47.4 Å². The summed E-state index contributed by atoms with van der Waals surface area (Å²) in [5.41, 5.74) is 3.17. The number of hydrogen-bond acceptors (Lipinski definition) is 3. The molecule has 1 saturated carbocycles. The maximum Gasteiger partial charge on any atom is 0.254 e. The minimum Gasteiger partial charge on any atom is -0.439 e. The third-order valence-corrected chi connectivity index (χ3v) is 6.57. The first-order chi connectivity index (χ1) is 17.0. The fraction of sp³-hybridized carbons (Fsp3) is 0.214. The summed E-state index contributed by atoms with van der Waals surface area (Å²) in [4.78, 5) is 15.4. The van der Waals surface area contributed by atoms with Gasteiger partial charge in [0.25, 0.3) is 5.91 Å². The molecule has 0 unspecified atom stereocenters. The van der Waals surface area contributed by atoms with Crippen LogP contribution >= 0.6 is 23.2 Å². The van der Waals surface area contributed by atoms with Gasteiger partial charge in [0.05, 0.1) is 23.5 Å². The van der Waals surface area contributed by atoms with Crippen LogP contribution in [0.2, 0.25) is 10.0 Å². The number of hydrogen-bond donors (Lipinski definition) is 0. The molecule has 1 heterocycles. The van der Waals surface area contributed by atoms with Gasteiger partial charge in [0.1, 0.15) is 5.75 Å². The van der Waals surface area contributed by atoms with Crippen molar-refractivity contribution in [3.05, 3.63) is 106 Å². The van der Waals surface area contributed by atoms with Gasteiger partial charge in [0, 0.05) is 22.2 Å². The molecule has 0 aliphatic heterocycles. The van der Waals surface area contributed by atoms with Crippen LogP contribution in [0.15, 0.2) is 78.9 Å². The predicted molar refractivity (Wildman–Crippen MR) is 139 cm³/mol. The average Bonchev–Trinajstić information content (AvgIpc) is 3.64. The Morgan fingerprint density at radius 2 is 1.60 bits per heavy atom. The van der Waals surface area contributed by atoms with Gasteiger partial charge in [-0.15, -0.1) is 0 Å². The van der Waals surface area contributed by atoms with E-state index in [1.165, 1.54) is 0 Å². The van der Waals surface area contributed by atoms with Gasteiger partial charge in [0.15, 0.2) is 0 Å². The Hall–Kier alpha value is -3.28. The van der Waals surface area contributed by atoms with Gasteiger partial charge in [-0.2, -0.15) is 5.10 Å². The molecule has 0 N–H and O–H groups in total. The molecule has 1 fully saturated rings. The normalized spacial score (nSPS) is 13.0. The maximum absolute atomic E-state index is 13.5. The Bertz CT molecular complexity index is 1320. The van der Waals surface area contributed by atoms with Crippen molar-refractivity contribution in [2.24, 2.45) is 5.92 Å². The van der Waals surface area contributed by atoms with Gasteiger partial charge < -0.3 is 9.64 Å². The van der Waals surface area contributed by atoms with E-state index in [-0.39, 0.29) is 5.91 Å². The molecule has 1 amide bonds. The van der Waals surface area contributed by atoms with Gasteiger partial charge in [-0.05, 0) is 86.3 Å². The maximum atomic E-state index is 13.5. The molecule has 4 aromatic rings. The number of aromatic nitrogens is 2. The van der Waals surface area contributed by atoms with Crippen LogP contribution in [0.5, 0.6) is 11.6 Å². The summed E-state index contributed by atoms with van der Waals surface area (Å²) in [6, 6.07) is 24.1. The lowest BCUT2D eigenvalue weighted by atomic mass is 10.1. The van der Waals surface area contributed by atoms with Crippen LogP contribution in [0.25, 0.3) is 5.69 Å². The van der Waals surface area contributed by atoms with Crippen molar-refractivity contribution in [2.75, 3.05) is 6.54 Å². The molecule has 3 aromatic carbocycles. The number of benzene rings is 3. The van der Waals surface area contributed by atoms with Crippen LogP contribution in [-0.4, -0.2) is 27.1 Å². The molecule has 0 bridgehead atoms. The van der Waals surface area contributed by atoms with Crippen LogP contribution in [0, 0.1) is 12.8 Å². The summed E-state index contributed by atoms with van der Waals surface area (Å²) in [6.45, 7) is 3.03. The number of para-hydroxylation sites is 1. The fourth-order valence-electron chi connectivity index (χ4n) is 3.98. The second-order valence-corrected chi connectivity index (χ2v) is 9.68. The van der Waals surface area contributed by atoms with Gasteiger partial charge in [-0.3, -0.25) is 4.79 Å². The smallest absolute Gasteiger partial charge is 0.254 e. The average molecular weight is 506 g/mol. The van der Waals surface area contributed by atoms with E-state index in [2.05, 4.69) is 0 Å². The van der Waals surface area contributed by atoms with E-state index in [0.717, 1.165) is 29.8 Å². The summed E-state index contributed by atoms with van der Waals surface area (Å²) in [6.07, 6.45) is 2.28. The molecule has 1 aliphatic carbocycles. The molecule has 7 heteroatoms. The molecule has 0 spiro atoms. The van der Waals surface area contributed by atoms with Crippen LogP contribution in [0.4, 0.5) is 0 Å². The highest BCUT2D eigenvalue weighted by molar-refractivity contribution is 6.30. The van der Waals surface area contributed by atoms with E-state index in [1.54, 1.807) is 41.1 Å². The fourth-order valence-corrected chi connectivity index (χ4v) is 4.23. The molecule has 0 radical (unpaired) electrons. The zero-order valence-corrected chi connectivity index (χ0v) is 20.8. The van der Waals surface area contributed by atoms with Crippen LogP contribution in [0.3, 0.4) is 0 Å². The van der Waals surface area contributed by atoms with E-state index in [4.69, 9.17) is 33.0 Å². The molecule has 35 heavy (non-hydrogen) atoms. The minimum absolute atomic E-state index is 0.0297. The SMILES string of the molecule is Cc1nn(-c2ccccc2)c(Oc2ccc(Cl)cc2)c1CN(CC1CC1)C(=O)c1ccc(Cl)cc1. The Balaban J connectivity index is 1.53. The summed E-state index contributed by atoms with van der Waals surface area (Å²) in [5.74, 6) is 1.72. The van der Waals surface area contributed by atoms with Crippen molar-refractivity contribution in [3.63, 3.8) is 0 Å². The number of aryl methyl sites for hydroxylation is 1. The molecule has 0 atom stereocenters. The van der Waals surface area contributed by atoms with Gasteiger partial charge in [-0.1, -0.05) is 41.4 Å². The number of halogens is 2. The van der Waals surface area contributed by atoms with Crippen molar-refractivity contribution in [1.82, 2.24) is 14.7 Å². The van der Waals surface area contributed by atoms with Crippen molar-refractivity contribution < 1.29 is 9.53 Å². The van der Waals surface area contributed by atoms with Crippen molar-refractivity contribution >= 4 is 29.1 Å². The van der Waals surface area contributed by atoms with E-state index < -0.39 is 0 Å².